The largest absolute Gasteiger partial charge is 0.416 e. The maximum Gasteiger partial charge on any atom is 0.416 e. The first-order chi connectivity index (χ1) is 17.6. The highest BCUT2D eigenvalue weighted by Crippen LogP contribution is 2.30. The lowest BCUT2D eigenvalue weighted by molar-refractivity contribution is -0.384. The maximum atomic E-state index is 13.0. The average Bonchev–Trinajstić information content (AvgIpc) is 3.28. The quantitative estimate of drug-likeness (QED) is 0.179. The number of hydrogen-bond acceptors (Lipinski definition) is 6. The van der Waals surface area contributed by atoms with Gasteiger partial charge >= 0.3 is 6.18 Å². The summed E-state index contributed by atoms with van der Waals surface area (Å²) in [6.45, 7) is 1.85. The van der Waals surface area contributed by atoms with Crippen molar-refractivity contribution in [2.75, 3.05) is 0 Å². The minimum absolute atomic E-state index is 0.0924. The summed E-state index contributed by atoms with van der Waals surface area (Å²) in [5.74, 6) is 0.169. The molecule has 0 atom stereocenters. The number of carbonyl (C=O) groups is 1. The fourth-order valence-corrected chi connectivity index (χ4v) is 4.45. The predicted octanol–water partition coefficient (Wildman–Crippen LogP) is 5.73. The highest BCUT2D eigenvalue weighted by atomic mass is 32.2. The summed E-state index contributed by atoms with van der Waals surface area (Å²) in [7, 11) is 0. The van der Waals surface area contributed by atoms with Gasteiger partial charge in [-0.05, 0) is 42.8 Å². The fraction of sp³-hybridized carbons (Fsp3) is 0.160. The Kier molecular flexibility index (Phi) is 7.58. The molecule has 37 heavy (non-hydrogen) atoms. The number of nitrogens with zero attached hydrogens (tertiary/aromatic N) is 4. The van der Waals surface area contributed by atoms with Crippen LogP contribution in [0.3, 0.4) is 0 Å². The Balaban J connectivity index is 1.59. The van der Waals surface area contributed by atoms with Crippen molar-refractivity contribution >= 4 is 23.4 Å². The number of carbonyl (C=O) groups excluding carboxylic acids is 1. The highest BCUT2D eigenvalue weighted by Gasteiger charge is 2.31. The molecule has 0 aliphatic heterocycles. The molecule has 190 valence electrons. The molecule has 4 aromatic rings. The Morgan fingerprint density at radius 2 is 1.78 bits per heavy atom. The van der Waals surface area contributed by atoms with Crippen molar-refractivity contribution in [2.45, 2.75) is 30.6 Å². The molecular formula is C25H20F3N5O3S. The van der Waals surface area contributed by atoms with Crippen LogP contribution in [0.5, 0.6) is 0 Å². The molecule has 0 saturated carbocycles. The second kappa shape index (κ2) is 10.8. The van der Waals surface area contributed by atoms with E-state index in [1.807, 2.05) is 31.2 Å². The van der Waals surface area contributed by atoms with Crippen LogP contribution in [-0.2, 0) is 18.5 Å². The van der Waals surface area contributed by atoms with Crippen LogP contribution < -0.4 is 5.32 Å². The summed E-state index contributed by atoms with van der Waals surface area (Å²) in [4.78, 5) is 23.2. The molecule has 12 heteroatoms. The normalized spacial score (nSPS) is 11.4. The number of benzene rings is 3. The van der Waals surface area contributed by atoms with Crippen molar-refractivity contribution in [1.82, 2.24) is 20.1 Å². The Morgan fingerprint density at radius 3 is 2.46 bits per heavy atom. The number of halogens is 3. The number of nitro benzene ring substituents is 1. The lowest BCUT2D eigenvalue weighted by atomic mass is 10.1. The average molecular weight is 528 g/mol. The molecule has 0 radical (unpaired) electrons. The van der Waals surface area contributed by atoms with E-state index in [1.54, 1.807) is 4.57 Å². The molecule has 0 saturated heterocycles. The number of alkyl halides is 3. The molecule has 0 fully saturated rings. The zero-order valence-corrected chi connectivity index (χ0v) is 20.2. The zero-order chi connectivity index (χ0) is 26.6. The number of aromatic nitrogens is 3. The number of nitro groups is 1. The smallest absolute Gasteiger partial charge is 0.345 e. The third-order valence-corrected chi connectivity index (χ3v) is 6.33. The van der Waals surface area contributed by atoms with Gasteiger partial charge in [0.1, 0.15) is 0 Å². The standard InChI is InChI=1S/C25H20F3N5O3S/c1-16-4-2-5-17(12-16)15-37-24-31-30-22(32(24)20-8-10-21(11-9-20)33(35)36)14-29-23(34)18-6-3-7-19(13-18)25(26,27)28/h2-13H,14-15H2,1H3,(H,29,34). The van der Waals surface area contributed by atoms with Gasteiger partial charge in [0.25, 0.3) is 11.6 Å². The summed E-state index contributed by atoms with van der Waals surface area (Å²) in [6, 6.07) is 17.8. The minimum Gasteiger partial charge on any atom is -0.345 e. The van der Waals surface area contributed by atoms with Crippen LogP contribution in [0.25, 0.3) is 5.69 Å². The van der Waals surface area contributed by atoms with Crippen LogP contribution in [0.1, 0.15) is 32.9 Å². The van der Waals surface area contributed by atoms with E-state index in [2.05, 4.69) is 15.5 Å². The van der Waals surface area contributed by atoms with Gasteiger partial charge in [-0.2, -0.15) is 13.2 Å². The van der Waals surface area contributed by atoms with Crippen LogP contribution in [0.15, 0.2) is 78.0 Å². The monoisotopic (exact) mass is 527 g/mol. The Bertz CT molecular complexity index is 1440. The first-order valence-electron chi connectivity index (χ1n) is 10.9. The molecule has 8 nitrogen and oxygen atoms in total. The molecule has 0 aliphatic rings. The number of hydrogen-bond donors (Lipinski definition) is 1. The SMILES string of the molecule is Cc1cccc(CSc2nnc(CNC(=O)c3cccc(C(F)(F)F)c3)n2-c2ccc([N+](=O)[O-])cc2)c1. The lowest BCUT2D eigenvalue weighted by Crippen LogP contribution is -2.25. The van der Waals surface area contributed by atoms with Gasteiger partial charge in [-0.1, -0.05) is 47.7 Å². The molecular weight excluding hydrogens is 507 g/mol. The van der Waals surface area contributed by atoms with E-state index in [9.17, 15) is 28.1 Å². The minimum atomic E-state index is -4.57. The van der Waals surface area contributed by atoms with Gasteiger partial charge in [0.15, 0.2) is 11.0 Å². The molecule has 1 N–H and O–H groups in total. The first kappa shape index (κ1) is 25.9. The van der Waals surface area contributed by atoms with Gasteiger partial charge in [0.05, 0.1) is 17.0 Å². The maximum absolute atomic E-state index is 13.0. The number of thioether (sulfide) groups is 1. The van der Waals surface area contributed by atoms with Gasteiger partial charge in [0, 0.05) is 29.1 Å². The van der Waals surface area contributed by atoms with Crippen LogP contribution >= 0.6 is 11.8 Å². The van der Waals surface area contributed by atoms with E-state index in [0.29, 0.717) is 22.4 Å². The lowest BCUT2D eigenvalue weighted by Gasteiger charge is -2.12. The Morgan fingerprint density at radius 1 is 1.05 bits per heavy atom. The number of rotatable bonds is 8. The Labute approximate surface area is 213 Å². The van der Waals surface area contributed by atoms with Crippen molar-refractivity contribution in [3.8, 4) is 5.69 Å². The van der Waals surface area contributed by atoms with Crippen molar-refractivity contribution < 1.29 is 22.9 Å². The summed E-state index contributed by atoms with van der Waals surface area (Å²) in [5, 5.41) is 22.5. The van der Waals surface area contributed by atoms with E-state index in [0.717, 1.165) is 29.3 Å². The van der Waals surface area contributed by atoms with Crippen molar-refractivity contribution in [3.05, 3.63) is 111 Å². The molecule has 1 heterocycles. The first-order valence-corrected chi connectivity index (χ1v) is 11.9. The van der Waals surface area contributed by atoms with Crippen molar-refractivity contribution in [3.63, 3.8) is 0 Å². The van der Waals surface area contributed by atoms with E-state index < -0.39 is 22.6 Å². The number of nitrogens with one attached hydrogen (secondary N) is 1. The molecule has 3 aromatic carbocycles. The summed E-state index contributed by atoms with van der Waals surface area (Å²) in [5.41, 5.74) is 1.53. The van der Waals surface area contributed by atoms with Crippen LogP contribution in [0, 0.1) is 17.0 Å². The molecule has 1 amide bonds. The van der Waals surface area contributed by atoms with E-state index in [-0.39, 0.29) is 17.8 Å². The van der Waals surface area contributed by atoms with Crippen LogP contribution in [0.2, 0.25) is 0 Å². The number of aryl methyl sites for hydroxylation is 1. The zero-order valence-electron chi connectivity index (χ0n) is 19.4. The van der Waals surface area contributed by atoms with Crippen molar-refractivity contribution in [2.24, 2.45) is 0 Å². The van der Waals surface area contributed by atoms with Gasteiger partial charge in [-0.15, -0.1) is 10.2 Å². The molecule has 1 aromatic heterocycles. The van der Waals surface area contributed by atoms with E-state index in [1.165, 1.54) is 42.1 Å². The molecule has 0 spiro atoms. The topological polar surface area (TPSA) is 103 Å². The summed E-state index contributed by atoms with van der Waals surface area (Å²) >= 11 is 1.39. The van der Waals surface area contributed by atoms with Gasteiger partial charge in [-0.25, -0.2) is 0 Å². The van der Waals surface area contributed by atoms with Gasteiger partial charge in [-0.3, -0.25) is 19.5 Å². The van der Waals surface area contributed by atoms with E-state index in [4.69, 9.17) is 0 Å². The van der Waals surface area contributed by atoms with E-state index >= 15 is 0 Å². The Hall–Kier alpha value is -4.19. The predicted molar refractivity (Wildman–Crippen MR) is 131 cm³/mol. The number of amides is 1. The number of non-ortho nitro benzene ring substituents is 1. The molecule has 0 unspecified atom stereocenters. The van der Waals surface area contributed by atoms with Crippen molar-refractivity contribution in [1.29, 1.82) is 0 Å². The van der Waals surface area contributed by atoms with Crippen LogP contribution in [0.4, 0.5) is 18.9 Å². The summed E-state index contributed by atoms with van der Waals surface area (Å²) in [6.07, 6.45) is -4.57. The van der Waals surface area contributed by atoms with Gasteiger partial charge < -0.3 is 5.32 Å². The third-order valence-electron chi connectivity index (χ3n) is 5.33. The molecule has 0 bridgehead atoms. The molecule has 0 aliphatic carbocycles. The highest BCUT2D eigenvalue weighted by molar-refractivity contribution is 7.98. The summed E-state index contributed by atoms with van der Waals surface area (Å²) < 4.78 is 40.7. The fourth-order valence-electron chi connectivity index (χ4n) is 3.54. The molecule has 4 rings (SSSR count). The third kappa shape index (κ3) is 6.33. The van der Waals surface area contributed by atoms with Gasteiger partial charge in [0.2, 0.25) is 0 Å². The second-order valence-electron chi connectivity index (χ2n) is 8.05. The second-order valence-corrected chi connectivity index (χ2v) is 8.99. The van der Waals surface area contributed by atoms with Crippen LogP contribution in [-0.4, -0.2) is 25.6 Å².